The van der Waals surface area contributed by atoms with Gasteiger partial charge >= 0.3 is 6.03 Å². The van der Waals surface area contributed by atoms with Gasteiger partial charge in [-0.05, 0) is 63.0 Å². The predicted octanol–water partition coefficient (Wildman–Crippen LogP) is 6.43. The molecule has 1 N–H and O–H groups in total. The monoisotopic (exact) mass is 530 g/mol. The van der Waals surface area contributed by atoms with Crippen LogP contribution in [0.5, 0.6) is 5.75 Å². The molecule has 3 aromatic rings. The summed E-state index contributed by atoms with van der Waals surface area (Å²) in [5.41, 5.74) is 2.73. The summed E-state index contributed by atoms with van der Waals surface area (Å²) in [6.07, 6.45) is 1.64. The molecule has 0 bridgehead atoms. The van der Waals surface area contributed by atoms with Gasteiger partial charge in [-0.15, -0.1) is 0 Å². The van der Waals surface area contributed by atoms with E-state index in [-0.39, 0.29) is 18.1 Å². The van der Waals surface area contributed by atoms with Crippen LogP contribution in [0, 0.1) is 0 Å². The third-order valence-corrected chi connectivity index (χ3v) is 6.15. The van der Waals surface area contributed by atoms with Crippen LogP contribution in [0.4, 0.5) is 4.79 Å². The van der Waals surface area contributed by atoms with E-state index in [0.717, 1.165) is 16.7 Å². The Kier molecular flexibility index (Phi) is 6.84. The van der Waals surface area contributed by atoms with E-state index in [1.807, 2.05) is 42.5 Å². The fourth-order valence-corrected chi connectivity index (χ4v) is 3.99. The minimum absolute atomic E-state index is 0.216. The number of carbonyl (C=O) groups is 2. The molecule has 4 rings (SSSR count). The molecule has 162 valence electrons. The second-order valence-corrected chi connectivity index (χ2v) is 8.76. The maximum atomic E-state index is 12.7. The number of imide groups is 1. The van der Waals surface area contributed by atoms with Crippen molar-refractivity contribution in [3.05, 3.63) is 104 Å². The number of amides is 3. The van der Waals surface area contributed by atoms with Crippen LogP contribution in [0.25, 0.3) is 6.08 Å². The van der Waals surface area contributed by atoms with Gasteiger partial charge in [0, 0.05) is 0 Å². The highest BCUT2D eigenvalue weighted by Crippen LogP contribution is 2.29. The Morgan fingerprint density at radius 1 is 0.938 bits per heavy atom. The summed E-state index contributed by atoms with van der Waals surface area (Å²) in [6.45, 7) is 0.535. The van der Waals surface area contributed by atoms with Gasteiger partial charge in [0.25, 0.3) is 5.91 Å². The van der Waals surface area contributed by atoms with Gasteiger partial charge in [0.15, 0.2) is 0 Å². The molecule has 1 aliphatic rings. The van der Waals surface area contributed by atoms with Crippen molar-refractivity contribution < 1.29 is 14.3 Å². The van der Waals surface area contributed by atoms with Crippen molar-refractivity contribution in [2.45, 2.75) is 13.2 Å². The number of nitrogens with zero attached hydrogens (tertiary/aromatic N) is 1. The van der Waals surface area contributed by atoms with Crippen molar-refractivity contribution in [1.29, 1.82) is 0 Å². The van der Waals surface area contributed by atoms with E-state index in [1.165, 1.54) is 4.90 Å². The van der Waals surface area contributed by atoms with Gasteiger partial charge in [-0.25, -0.2) is 4.79 Å². The molecule has 1 heterocycles. The molecule has 0 aromatic heterocycles. The Morgan fingerprint density at radius 3 is 2.44 bits per heavy atom. The molecule has 0 saturated carbocycles. The van der Waals surface area contributed by atoms with Crippen molar-refractivity contribution in [3.8, 4) is 5.75 Å². The Hall–Kier alpha value is -2.80. The SMILES string of the molecule is O=C1N/C(=C/c2ccc(OCc3ccc(Cl)c(Cl)c3)c(Br)c2)C(=O)N1Cc1ccccc1. The summed E-state index contributed by atoms with van der Waals surface area (Å²) in [7, 11) is 0. The van der Waals surface area contributed by atoms with E-state index < -0.39 is 6.03 Å². The molecule has 0 radical (unpaired) electrons. The van der Waals surface area contributed by atoms with E-state index in [1.54, 1.807) is 30.3 Å². The van der Waals surface area contributed by atoms with Crippen molar-refractivity contribution in [3.63, 3.8) is 0 Å². The van der Waals surface area contributed by atoms with Gasteiger partial charge in [0.05, 0.1) is 21.1 Å². The highest BCUT2D eigenvalue weighted by atomic mass is 79.9. The highest BCUT2D eigenvalue weighted by Gasteiger charge is 2.33. The Bertz CT molecular complexity index is 1220. The fraction of sp³-hybridized carbons (Fsp3) is 0.0833. The second kappa shape index (κ2) is 9.77. The molecule has 0 aliphatic carbocycles. The lowest BCUT2D eigenvalue weighted by molar-refractivity contribution is -0.123. The number of ether oxygens (including phenoxy) is 1. The van der Waals surface area contributed by atoms with Crippen molar-refractivity contribution in [1.82, 2.24) is 10.2 Å². The molecule has 1 aliphatic heterocycles. The quantitative estimate of drug-likeness (QED) is 0.294. The third-order valence-electron chi connectivity index (χ3n) is 4.79. The van der Waals surface area contributed by atoms with Gasteiger partial charge in [-0.1, -0.05) is 65.7 Å². The fourth-order valence-electron chi connectivity index (χ4n) is 3.16. The molecular weight excluding hydrogens is 515 g/mol. The first-order valence-electron chi connectivity index (χ1n) is 9.65. The first-order chi connectivity index (χ1) is 15.4. The van der Waals surface area contributed by atoms with Crippen molar-refractivity contribution >= 4 is 57.1 Å². The lowest BCUT2D eigenvalue weighted by Crippen LogP contribution is -2.30. The average molecular weight is 532 g/mol. The molecule has 1 saturated heterocycles. The van der Waals surface area contributed by atoms with E-state index in [2.05, 4.69) is 21.2 Å². The van der Waals surface area contributed by atoms with E-state index in [9.17, 15) is 9.59 Å². The maximum absolute atomic E-state index is 12.7. The molecule has 0 spiro atoms. The van der Waals surface area contributed by atoms with Gasteiger partial charge in [0.2, 0.25) is 0 Å². The molecule has 0 atom stereocenters. The van der Waals surface area contributed by atoms with Gasteiger partial charge in [0.1, 0.15) is 18.1 Å². The summed E-state index contributed by atoms with van der Waals surface area (Å²) in [6, 6.07) is 19.7. The van der Waals surface area contributed by atoms with E-state index in [4.69, 9.17) is 27.9 Å². The number of hydrogen-bond acceptors (Lipinski definition) is 3. The number of halogens is 3. The van der Waals surface area contributed by atoms with E-state index >= 15 is 0 Å². The van der Waals surface area contributed by atoms with Crippen LogP contribution in [0.3, 0.4) is 0 Å². The minimum atomic E-state index is -0.439. The number of benzene rings is 3. The van der Waals surface area contributed by atoms with Crippen molar-refractivity contribution in [2.75, 3.05) is 0 Å². The van der Waals surface area contributed by atoms with Gasteiger partial charge in [-0.3, -0.25) is 9.69 Å². The Morgan fingerprint density at radius 2 is 1.72 bits per heavy atom. The summed E-state index contributed by atoms with van der Waals surface area (Å²) in [4.78, 5) is 26.2. The maximum Gasteiger partial charge on any atom is 0.329 e. The number of hydrogen-bond donors (Lipinski definition) is 1. The summed E-state index contributed by atoms with van der Waals surface area (Å²) < 4.78 is 6.56. The molecule has 0 unspecified atom stereocenters. The van der Waals surface area contributed by atoms with Gasteiger partial charge in [-0.2, -0.15) is 0 Å². The number of rotatable bonds is 6. The summed E-state index contributed by atoms with van der Waals surface area (Å²) in [5.74, 6) is 0.264. The Balaban J connectivity index is 1.45. The zero-order chi connectivity index (χ0) is 22.7. The number of carbonyl (C=O) groups excluding carboxylic acids is 2. The zero-order valence-electron chi connectivity index (χ0n) is 16.6. The molecular formula is C24H17BrCl2N2O3. The number of urea groups is 1. The first kappa shape index (κ1) is 22.4. The Labute approximate surface area is 203 Å². The van der Waals surface area contributed by atoms with Crippen LogP contribution in [-0.2, 0) is 17.9 Å². The lowest BCUT2D eigenvalue weighted by Gasteiger charge is -2.11. The molecule has 5 nitrogen and oxygen atoms in total. The topological polar surface area (TPSA) is 58.6 Å². The lowest BCUT2D eigenvalue weighted by atomic mass is 10.1. The van der Waals surface area contributed by atoms with Crippen LogP contribution in [0.15, 0.2) is 76.9 Å². The van der Waals surface area contributed by atoms with Crippen LogP contribution in [-0.4, -0.2) is 16.8 Å². The van der Waals surface area contributed by atoms with Crippen LogP contribution in [0.1, 0.15) is 16.7 Å². The van der Waals surface area contributed by atoms with Crippen molar-refractivity contribution in [2.24, 2.45) is 0 Å². The summed E-state index contributed by atoms with van der Waals surface area (Å²) in [5, 5.41) is 3.60. The van der Waals surface area contributed by atoms with Crippen LogP contribution >= 0.6 is 39.1 Å². The molecule has 1 fully saturated rings. The molecule has 8 heteroatoms. The largest absolute Gasteiger partial charge is 0.488 e. The number of nitrogens with one attached hydrogen (secondary N) is 1. The summed E-state index contributed by atoms with van der Waals surface area (Å²) >= 11 is 15.5. The van der Waals surface area contributed by atoms with E-state index in [0.29, 0.717) is 26.9 Å². The van der Waals surface area contributed by atoms with Gasteiger partial charge < -0.3 is 10.1 Å². The zero-order valence-corrected chi connectivity index (χ0v) is 19.7. The molecule has 32 heavy (non-hydrogen) atoms. The van der Waals surface area contributed by atoms with Crippen LogP contribution < -0.4 is 10.1 Å². The molecule has 3 aromatic carbocycles. The third kappa shape index (κ3) is 5.15. The minimum Gasteiger partial charge on any atom is -0.488 e. The normalized spacial score (nSPS) is 14.7. The smallest absolute Gasteiger partial charge is 0.329 e. The molecule has 3 amide bonds. The standard InChI is InChI=1S/C24H17BrCl2N2O3/c25-18-10-16(7-9-22(18)32-14-17-6-8-19(26)20(27)11-17)12-21-23(30)29(24(31)28-21)13-15-4-2-1-3-5-15/h1-12H,13-14H2,(H,28,31)/b21-12+. The first-order valence-corrected chi connectivity index (χ1v) is 11.2. The highest BCUT2D eigenvalue weighted by molar-refractivity contribution is 9.10. The van der Waals surface area contributed by atoms with Crippen LogP contribution in [0.2, 0.25) is 10.0 Å². The average Bonchev–Trinajstić information content (AvgIpc) is 3.03. The predicted molar refractivity (Wildman–Crippen MR) is 128 cm³/mol. The second-order valence-electron chi connectivity index (χ2n) is 7.09.